The number of hydrogen-bond acceptors (Lipinski definition) is 10. The summed E-state index contributed by atoms with van der Waals surface area (Å²) in [6, 6.07) is 11.7. The fraction of sp³-hybridized carbons (Fsp3) is 0.525. The summed E-state index contributed by atoms with van der Waals surface area (Å²) in [5.74, 6) is -4.28. The molecule has 0 aliphatic carbocycles. The van der Waals surface area contributed by atoms with Gasteiger partial charge in [-0.2, -0.15) is 0 Å². The van der Waals surface area contributed by atoms with Crippen molar-refractivity contribution < 1.29 is 47.9 Å². The fourth-order valence-electron chi connectivity index (χ4n) is 5.61. The van der Waals surface area contributed by atoms with E-state index in [4.69, 9.17) is 14.3 Å². The molecule has 1 fully saturated rings. The molecular formula is C40H55N5O10. The largest absolute Gasteiger partial charge is 0.445 e. The number of ether oxygens (including phenoxy) is 2. The zero-order chi connectivity index (χ0) is 41.1. The van der Waals surface area contributed by atoms with E-state index in [0.717, 1.165) is 5.56 Å². The van der Waals surface area contributed by atoms with E-state index in [2.05, 4.69) is 21.3 Å². The number of nitrogens with one attached hydrogen (secondary N) is 4. The standard InChI is InChI=1S/C40H55N5O10/c1-38(2,3)22-27(41-33(48)28(23-39(4,5)6)42-36(51)53-24-25-16-12-10-13-17-25)34(49)43-32(35(50)55-45-29(46)20-21-30(45)47)31(26-18-14-11-15-19-26)44-37(52)54-40(7,8)9/h10-19,27-28,31-32H,20-24H2,1-9H3,(H,41,48)(H,42,51)(H,43,49)(H,44,52)/t27-,28+,31+,32-/m0/s1. The quantitative estimate of drug-likeness (QED) is 0.190. The number of carbonyl (C=O) groups excluding carboxylic acids is 7. The lowest BCUT2D eigenvalue weighted by molar-refractivity contribution is -0.199. The highest BCUT2D eigenvalue weighted by molar-refractivity contribution is 6.02. The number of hydroxylamine groups is 2. The molecule has 0 bridgehead atoms. The molecule has 1 aliphatic heterocycles. The highest BCUT2D eigenvalue weighted by Crippen LogP contribution is 2.26. The minimum Gasteiger partial charge on any atom is -0.445 e. The summed E-state index contributed by atoms with van der Waals surface area (Å²) in [6.45, 7) is 16.1. The van der Waals surface area contributed by atoms with Gasteiger partial charge in [0.15, 0.2) is 6.04 Å². The topological polar surface area (TPSA) is 199 Å². The average molecular weight is 766 g/mol. The maximum absolute atomic E-state index is 14.3. The first-order chi connectivity index (χ1) is 25.5. The first kappa shape index (κ1) is 43.9. The molecule has 15 heteroatoms. The molecule has 55 heavy (non-hydrogen) atoms. The number of carbonyl (C=O) groups is 7. The maximum atomic E-state index is 14.3. The molecule has 3 rings (SSSR count). The number of rotatable bonds is 14. The SMILES string of the molecule is CC(C)(C)C[C@H](NC(=O)[C@@H](CC(C)(C)C)NC(=O)OCc1ccccc1)C(=O)N[C@H](C(=O)ON1C(=O)CCC1=O)[C@H](NC(=O)OC(C)(C)C)c1ccccc1. The second-order valence-electron chi connectivity index (χ2n) is 16.9. The van der Waals surface area contributed by atoms with Crippen LogP contribution in [-0.2, 0) is 44.9 Å². The Morgan fingerprint density at radius 1 is 0.655 bits per heavy atom. The molecule has 0 spiro atoms. The Kier molecular flexibility index (Phi) is 15.0. The van der Waals surface area contributed by atoms with E-state index in [1.807, 2.05) is 47.6 Å². The van der Waals surface area contributed by atoms with Crippen LogP contribution < -0.4 is 21.3 Å². The normalized spacial score (nSPS) is 15.5. The highest BCUT2D eigenvalue weighted by atomic mass is 16.7. The first-order valence-electron chi connectivity index (χ1n) is 18.2. The van der Waals surface area contributed by atoms with Crippen LogP contribution in [0.25, 0.3) is 0 Å². The van der Waals surface area contributed by atoms with Crippen molar-refractivity contribution in [3.63, 3.8) is 0 Å². The average Bonchev–Trinajstić information content (AvgIpc) is 3.39. The zero-order valence-electron chi connectivity index (χ0n) is 33.1. The van der Waals surface area contributed by atoms with Gasteiger partial charge in [-0.05, 0) is 55.6 Å². The van der Waals surface area contributed by atoms with Gasteiger partial charge in [0.05, 0.1) is 6.04 Å². The van der Waals surface area contributed by atoms with Crippen LogP contribution in [-0.4, -0.2) is 70.6 Å². The van der Waals surface area contributed by atoms with Crippen molar-refractivity contribution in [1.29, 1.82) is 0 Å². The lowest BCUT2D eigenvalue weighted by Crippen LogP contribution is -2.59. The van der Waals surface area contributed by atoms with Crippen molar-refractivity contribution in [3.8, 4) is 0 Å². The number of alkyl carbamates (subject to hydrolysis) is 2. The second kappa shape index (κ2) is 18.7. The monoisotopic (exact) mass is 765 g/mol. The second-order valence-corrected chi connectivity index (χ2v) is 16.9. The van der Waals surface area contributed by atoms with Gasteiger partial charge >= 0.3 is 18.2 Å². The molecule has 6 amide bonds. The molecular weight excluding hydrogens is 710 g/mol. The molecule has 4 atom stereocenters. The van der Waals surface area contributed by atoms with Crippen molar-refractivity contribution in [2.24, 2.45) is 10.8 Å². The van der Waals surface area contributed by atoms with Crippen LogP contribution in [0.5, 0.6) is 0 Å². The number of nitrogens with zero attached hydrogens (tertiary/aromatic N) is 1. The summed E-state index contributed by atoms with van der Waals surface area (Å²) in [6.07, 6.45) is -1.89. The van der Waals surface area contributed by atoms with Gasteiger partial charge in [0.25, 0.3) is 11.8 Å². The number of imide groups is 1. The van der Waals surface area contributed by atoms with Crippen molar-refractivity contribution in [1.82, 2.24) is 26.3 Å². The summed E-state index contributed by atoms with van der Waals surface area (Å²) in [4.78, 5) is 98.5. The minimum atomic E-state index is -1.75. The van der Waals surface area contributed by atoms with Gasteiger partial charge in [-0.15, -0.1) is 5.06 Å². The smallest absolute Gasteiger partial charge is 0.408 e. The summed E-state index contributed by atoms with van der Waals surface area (Å²) in [5.41, 5.74) is -0.861. The van der Waals surface area contributed by atoms with Crippen LogP contribution in [0, 0.1) is 10.8 Å². The van der Waals surface area contributed by atoms with Crippen LogP contribution in [0.3, 0.4) is 0 Å². The van der Waals surface area contributed by atoms with E-state index < -0.39 is 82.4 Å². The first-order valence-corrected chi connectivity index (χ1v) is 18.2. The summed E-state index contributed by atoms with van der Waals surface area (Å²) >= 11 is 0. The van der Waals surface area contributed by atoms with E-state index in [-0.39, 0.29) is 32.3 Å². The number of hydrogen-bond donors (Lipinski definition) is 4. The minimum absolute atomic E-state index is 0.0302. The third-order valence-corrected chi connectivity index (χ3v) is 7.99. The van der Waals surface area contributed by atoms with Crippen molar-refractivity contribution >= 4 is 41.8 Å². The van der Waals surface area contributed by atoms with Crippen LogP contribution in [0.1, 0.15) is 105 Å². The lowest BCUT2D eigenvalue weighted by atomic mass is 9.86. The third kappa shape index (κ3) is 15.1. The molecule has 0 saturated carbocycles. The van der Waals surface area contributed by atoms with Gasteiger partial charge in [-0.25, -0.2) is 14.4 Å². The van der Waals surface area contributed by atoms with Crippen LogP contribution in [0.4, 0.5) is 9.59 Å². The van der Waals surface area contributed by atoms with Crippen molar-refractivity contribution in [2.75, 3.05) is 0 Å². The van der Waals surface area contributed by atoms with E-state index in [1.165, 1.54) is 0 Å². The molecule has 1 heterocycles. The van der Waals surface area contributed by atoms with Gasteiger partial charge in [0.2, 0.25) is 11.8 Å². The van der Waals surface area contributed by atoms with Gasteiger partial charge < -0.3 is 35.6 Å². The Morgan fingerprint density at radius 2 is 1.15 bits per heavy atom. The van der Waals surface area contributed by atoms with Crippen LogP contribution in [0.15, 0.2) is 60.7 Å². The van der Waals surface area contributed by atoms with Gasteiger partial charge in [-0.3, -0.25) is 19.2 Å². The summed E-state index contributed by atoms with van der Waals surface area (Å²) in [7, 11) is 0. The van der Waals surface area contributed by atoms with Gasteiger partial charge in [-0.1, -0.05) is 102 Å². The maximum Gasteiger partial charge on any atom is 0.408 e. The molecule has 0 aromatic heterocycles. The number of amides is 6. The third-order valence-electron chi connectivity index (χ3n) is 7.99. The van der Waals surface area contributed by atoms with Crippen LogP contribution in [0.2, 0.25) is 0 Å². The molecule has 15 nitrogen and oxygen atoms in total. The van der Waals surface area contributed by atoms with Crippen molar-refractivity contribution in [2.45, 2.75) is 124 Å². The van der Waals surface area contributed by atoms with E-state index in [0.29, 0.717) is 10.6 Å². The molecule has 4 N–H and O–H groups in total. The van der Waals surface area contributed by atoms with Gasteiger partial charge in [0, 0.05) is 12.8 Å². The Morgan fingerprint density at radius 3 is 1.65 bits per heavy atom. The van der Waals surface area contributed by atoms with E-state index in [1.54, 1.807) is 75.4 Å². The molecule has 1 aliphatic rings. The molecule has 0 radical (unpaired) electrons. The Hall–Kier alpha value is -5.47. The Balaban J connectivity index is 1.97. The molecule has 1 saturated heterocycles. The predicted octanol–water partition coefficient (Wildman–Crippen LogP) is 5.00. The molecule has 2 aromatic carbocycles. The highest BCUT2D eigenvalue weighted by Gasteiger charge is 2.42. The Bertz CT molecular complexity index is 1660. The predicted molar refractivity (Wildman–Crippen MR) is 201 cm³/mol. The molecule has 300 valence electrons. The summed E-state index contributed by atoms with van der Waals surface area (Å²) in [5, 5.41) is 11.0. The van der Waals surface area contributed by atoms with E-state index in [9.17, 15) is 33.6 Å². The molecule has 0 unspecified atom stereocenters. The van der Waals surface area contributed by atoms with Crippen molar-refractivity contribution in [3.05, 3.63) is 71.8 Å². The van der Waals surface area contributed by atoms with Gasteiger partial charge in [0.1, 0.15) is 24.3 Å². The summed E-state index contributed by atoms with van der Waals surface area (Å²) < 4.78 is 10.8. The lowest BCUT2D eigenvalue weighted by Gasteiger charge is -2.33. The van der Waals surface area contributed by atoms with E-state index >= 15 is 0 Å². The van der Waals surface area contributed by atoms with Crippen LogP contribution >= 0.6 is 0 Å². The molecule has 2 aromatic rings. The number of benzene rings is 2. The fourth-order valence-corrected chi connectivity index (χ4v) is 5.61. The Labute approximate surface area is 322 Å². The zero-order valence-corrected chi connectivity index (χ0v) is 33.1.